The molecule has 2 aromatic carbocycles. The summed E-state index contributed by atoms with van der Waals surface area (Å²) < 4.78 is 17.1. The van der Waals surface area contributed by atoms with Gasteiger partial charge in [-0.2, -0.15) is 0 Å². The van der Waals surface area contributed by atoms with E-state index in [0.717, 1.165) is 4.47 Å². The lowest BCUT2D eigenvalue weighted by Crippen LogP contribution is -2.07. The largest absolute Gasteiger partial charge is 0.486 e. The maximum Gasteiger partial charge on any atom is 0.235 e. The van der Waals surface area contributed by atoms with Gasteiger partial charge in [-0.1, -0.05) is 12.1 Å². The minimum absolute atomic E-state index is 0.0288. The summed E-state index contributed by atoms with van der Waals surface area (Å²) in [7, 11) is 0. The van der Waals surface area contributed by atoms with Crippen molar-refractivity contribution >= 4 is 32.7 Å². The van der Waals surface area contributed by atoms with Crippen LogP contribution in [0, 0.1) is 0 Å². The van der Waals surface area contributed by atoms with Crippen molar-refractivity contribution in [1.29, 1.82) is 0 Å². The standard InChI is InChI=1S/C18H13BrO5/c1-11(20)9-22-12-6-7-13-16(8-12)23-10-17(18(13)21)24-15-5-3-2-4-14(15)19/h2-8,10H,9H2,1H3. The molecule has 0 spiro atoms. The smallest absolute Gasteiger partial charge is 0.235 e. The average Bonchev–Trinajstić information content (AvgIpc) is 2.57. The number of fused-ring (bicyclic) bond motifs is 1. The van der Waals surface area contributed by atoms with Gasteiger partial charge in [0.15, 0.2) is 5.78 Å². The molecule has 0 radical (unpaired) electrons. The van der Waals surface area contributed by atoms with E-state index in [4.69, 9.17) is 13.9 Å². The van der Waals surface area contributed by atoms with Crippen LogP contribution in [0.25, 0.3) is 11.0 Å². The highest BCUT2D eigenvalue weighted by Crippen LogP contribution is 2.29. The lowest BCUT2D eigenvalue weighted by molar-refractivity contribution is -0.118. The Morgan fingerprint density at radius 2 is 1.96 bits per heavy atom. The van der Waals surface area contributed by atoms with Crippen LogP contribution in [0.1, 0.15) is 6.92 Å². The first-order valence-corrected chi connectivity index (χ1v) is 7.94. The Balaban J connectivity index is 1.93. The molecule has 0 atom stereocenters. The zero-order valence-electron chi connectivity index (χ0n) is 12.7. The Labute approximate surface area is 145 Å². The minimum atomic E-state index is -0.287. The second-order valence-corrected chi connectivity index (χ2v) is 5.96. The van der Waals surface area contributed by atoms with Crippen molar-refractivity contribution < 1.29 is 18.7 Å². The van der Waals surface area contributed by atoms with Gasteiger partial charge >= 0.3 is 0 Å². The number of carbonyl (C=O) groups is 1. The number of benzene rings is 2. The number of ketones is 1. The van der Waals surface area contributed by atoms with Crippen molar-refractivity contribution in [1.82, 2.24) is 0 Å². The predicted molar refractivity (Wildman–Crippen MR) is 92.9 cm³/mol. The van der Waals surface area contributed by atoms with Gasteiger partial charge in [-0.05, 0) is 47.1 Å². The summed E-state index contributed by atoms with van der Waals surface area (Å²) in [5.74, 6) is 0.978. The second-order valence-electron chi connectivity index (χ2n) is 5.11. The molecule has 122 valence electrons. The van der Waals surface area contributed by atoms with Crippen molar-refractivity contribution in [3.8, 4) is 17.2 Å². The SMILES string of the molecule is CC(=O)COc1ccc2c(=O)c(Oc3ccccc3Br)coc2c1. The monoisotopic (exact) mass is 388 g/mol. The summed E-state index contributed by atoms with van der Waals surface area (Å²) in [6.45, 7) is 1.41. The third-order valence-corrected chi connectivity index (χ3v) is 3.87. The van der Waals surface area contributed by atoms with E-state index in [0.29, 0.717) is 22.5 Å². The number of hydrogen-bond donors (Lipinski definition) is 0. The highest BCUT2D eigenvalue weighted by molar-refractivity contribution is 9.10. The van der Waals surface area contributed by atoms with Crippen LogP contribution in [-0.4, -0.2) is 12.4 Å². The average molecular weight is 389 g/mol. The van der Waals surface area contributed by atoms with Crippen molar-refractivity contribution in [2.45, 2.75) is 6.92 Å². The van der Waals surface area contributed by atoms with E-state index in [9.17, 15) is 9.59 Å². The molecule has 0 amide bonds. The molecule has 0 fully saturated rings. The number of Topliss-reactive ketones (excluding diaryl/α,β-unsaturated/α-hetero) is 1. The maximum absolute atomic E-state index is 12.5. The van der Waals surface area contributed by atoms with Crippen molar-refractivity contribution in [3.05, 3.63) is 63.4 Å². The van der Waals surface area contributed by atoms with Gasteiger partial charge in [-0.3, -0.25) is 9.59 Å². The first-order valence-electron chi connectivity index (χ1n) is 7.15. The van der Waals surface area contributed by atoms with Crippen LogP contribution in [-0.2, 0) is 4.79 Å². The Bertz CT molecular complexity index is 961. The normalized spacial score (nSPS) is 10.6. The number of para-hydroxylation sites is 1. The molecule has 0 unspecified atom stereocenters. The third-order valence-electron chi connectivity index (χ3n) is 3.21. The molecule has 6 heteroatoms. The Morgan fingerprint density at radius 3 is 2.71 bits per heavy atom. The molecule has 24 heavy (non-hydrogen) atoms. The van der Waals surface area contributed by atoms with Crippen LogP contribution in [0.15, 0.2) is 62.4 Å². The van der Waals surface area contributed by atoms with Crippen LogP contribution in [0.4, 0.5) is 0 Å². The van der Waals surface area contributed by atoms with E-state index in [-0.39, 0.29) is 23.6 Å². The molecule has 0 aliphatic carbocycles. The maximum atomic E-state index is 12.5. The summed E-state index contributed by atoms with van der Waals surface area (Å²) >= 11 is 3.36. The molecule has 0 N–H and O–H groups in total. The van der Waals surface area contributed by atoms with Crippen LogP contribution < -0.4 is 14.9 Å². The van der Waals surface area contributed by atoms with E-state index in [1.807, 2.05) is 12.1 Å². The van der Waals surface area contributed by atoms with Gasteiger partial charge in [0.2, 0.25) is 11.2 Å². The summed E-state index contributed by atoms with van der Waals surface area (Å²) in [4.78, 5) is 23.5. The van der Waals surface area contributed by atoms with E-state index in [1.54, 1.807) is 30.3 Å². The van der Waals surface area contributed by atoms with Gasteiger partial charge < -0.3 is 13.9 Å². The van der Waals surface area contributed by atoms with E-state index in [1.165, 1.54) is 13.2 Å². The van der Waals surface area contributed by atoms with Gasteiger partial charge in [0.1, 0.15) is 30.0 Å². The van der Waals surface area contributed by atoms with Gasteiger partial charge in [-0.25, -0.2) is 0 Å². The Kier molecular flexibility index (Phi) is 4.66. The van der Waals surface area contributed by atoms with Crippen molar-refractivity contribution in [2.24, 2.45) is 0 Å². The molecule has 3 rings (SSSR count). The minimum Gasteiger partial charge on any atom is -0.486 e. The predicted octanol–water partition coefficient (Wildman–Crippen LogP) is 4.32. The summed E-state index contributed by atoms with van der Waals surface area (Å²) in [6.07, 6.45) is 1.26. The first-order chi connectivity index (χ1) is 11.5. The Hall–Kier alpha value is -2.60. The number of ether oxygens (including phenoxy) is 2. The molecule has 0 saturated heterocycles. The fraction of sp³-hybridized carbons (Fsp3) is 0.111. The summed E-state index contributed by atoms with van der Waals surface area (Å²) in [5, 5.41) is 0.370. The fourth-order valence-corrected chi connectivity index (χ4v) is 2.45. The molecular weight excluding hydrogens is 376 g/mol. The summed E-state index contributed by atoms with van der Waals surface area (Å²) in [6, 6.07) is 12.0. The molecule has 1 heterocycles. The molecule has 1 aromatic heterocycles. The quantitative estimate of drug-likeness (QED) is 0.651. The van der Waals surface area contributed by atoms with Crippen LogP contribution in [0.2, 0.25) is 0 Å². The topological polar surface area (TPSA) is 65.7 Å². The van der Waals surface area contributed by atoms with Crippen LogP contribution in [0.5, 0.6) is 17.2 Å². The van der Waals surface area contributed by atoms with E-state index in [2.05, 4.69) is 15.9 Å². The van der Waals surface area contributed by atoms with Gasteiger partial charge in [0.05, 0.1) is 9.86 Å². The molecule has 0 saturated carbocycles. The molecular formula is C18H13BrO5. The van der Waals surface area contributed by atoms with E-state index >= 15 is 0 Å². The highest BCUT2D eigenvalue weighted by atomic mass is 79.9. The zero-order valence-corrected chi connectivity index (χ0v) is 14.3. The molecule has 0 bridgehead atoms. The second kappa shape index (κ2) is 6.88. The van der Waals surface area contributed by atoms with Gasteiger partial charge in [0, 0.05) is 6.07 Å². The van der Waals surface area contributed by atoms with Crippen LogP contribution in [0.3, 0.4) is 0 Å². The molecule has 5 nitrogen and oxygen atoms in total. The number of hydrogen-bond acceptors (Lipinski definition) is 5. The first kappa shape index (κ1) is 16.3. The molecule has 0 aliphatic heterocycles. The van der Waals surface area contributed by atoms with Gasteiger partial charge in [-0.15, -0.1) is 0 Å². The Morgan fingerprint density at radius 1 is 1.17 bits per heavy atom. The lowest BCUT2D eigenvalue weighted by atomic mass is 10.2. The van der Waals surface area contributed by atoms with Crippen molar-refractivity contribution in [3.63, 3.8) is 0 Å². The number of rotatable bonds is 5. The fourth-order valence-electron chi connectivity index (χ4n) is 2.08. The molecule has 0 aliphatic rings. The zero-order chi connectivity index (χ0) is 17.1. The number of carbonyl (C=O) groups excluding carboxylic acids is 1. The molecule has 3 aromatic rings. The van der Waals surface area contributed by atoms with Crippen LogP contribution >= 0.6 is 15.9 Å². The highest BCUT2D eigenvalue weighted by Gasteiger charge is 2.11. The van der Waals surface area contributed by atoms with E-state index < -0.39 is 0 Å². The third kappa shape index (κ3) is 3.49. The van der Waals surface area contributed by atoms with Crippen molar-refractivity contribution in [2.75, 3.05) is 6.61 Å². The number of halogens is 1. The van der Waals surface area contributed by atoms with Gasteiger partial charge in [0.25, 0.3) is 0 Å². The summed E-state index contributed by atoms with van der Waals surface area (Å²) in [5.41, 5.74) is 0.0747. The lowest BCUT2D eigenvalue weighted by Gasteiger charge is -2.08.